The van der Waals surface area contributed by atoms with Crippen molar-refractivity contribution < 1.29 is 27.5 Å². The highest BCUT2D eigenvalue weighted by molar-refractivity contribution is 7.89. The van der Waals surface area contributed by atoms with Crippen molar-refractivity contribution in [1.29, 1.82) is 0 Å². The van der Waals surface area contributed by atoms with Gasteiger partial charge in [-0.3, -0.25) is 4.79 Å². The maximum atomic E-state index is 12.5. The lowest BCUT2D eigenvalue weighted by Gasteiger charge is -2.26. The zero-order valence-corrected chi connectivity index (χ0v) is 12.5. The van der Waals surface area contributed by atoms with Gasteiger partial charge < -0.3 is 15.2 Å². The second-order valence-electron chi connectivity index (χ2n) is 4.59. The molecule has 0 saturated carbocycles. The SMILES string of the molecule is NC(=O)COC(=O)c1cccc(S(=O)(=O)N2CCOCC2)c1. The van der Waals surface area contributed by atoms with Crippen LogP contribution in [0.2, 0.25) is 0 Å². The first-order valence-corrected chi connectivity index (χ1v) is 7.98. The summed E-state index contributed by atoms with van der Waals surface area (Å²) in [6.45, 7) is 0.635. The maximum Gasteiger partial charge on any atom is 0.338 e. The van der Waals surface area contributed by atoms with E-state index in [1.54, 1.807) is 0 Å². The number of primary amides is 1. The lowest BCUT2D eigenvalue weighted by Crippen LogP contribution is -2.40. The molecule has 0 atom stereocenters. The van der Waals surface area contributed by atoms with Gasteiger partial charge in [0.15, 0.2) is 6.61 Å². The van der Waals surface area contributed by atoms with Gasteiger partial charge in [0.25, 0.3) is 5.91 Å². The van der Waals surface area contributed by atoms with E-state index in [1.807, 2.05) is 0 Å². The summed E-state index contributed by atoms with van der Waals surface area (Å²) in [7, 11) is -3.70. The molecule has 0 radical (unpaired) electrons. The predicted molar refractivity (Wildman–Crippen MR) is 75.5 cm³/mol. The molecule has 2 N–H and O–H groups in total. The second-order valence-corrected chi connectivity index (χ2v) is 6.52. The number of nitrogens with zero attached hydrogens (tertiary/aromatic N) is 1. The monoisotopic (exact) mass is 328 g/mol. The minimum atomic E-state index is -3.70. The van der Waals surface area contributed by atoms with E-state index >= 15 is 0 Å². The molecule has 1 aliphatic rings. The van der Waals surface area contributed by atoms with Crippen LogP contribution in [0, 0.1) is 0 Å². The summed E-state index contributed by atoms with van der Waals surface area (Å²) in [6.07, 6.45) is 0. The molecule has 1 aromatic rings. The molecule has 1 amide bonds. The Morgan fingerprint density at radius 2 is 1.95 bits per heavy atom. The minimum absolute atomic E-state index is 0.0112. The molecule has 0 spiro atoms. The number of sulfonamides is 1. The number of hydrogen-bond acceptors (Lipinski definition) is 6. The van der Waals surface area contributed by atoms with Crippen LogP contribution >= 0.6 is 0 Å². The van der Waals surface area contributed by atoms with Crippen molar-refractivity contribution in [2.24, 2.45) is 5.73 Å². The molecule has 120 valence electrons. The van der Waals surface area contributed by atoms with E-state index in [0.717, 1.165) is 0 Å². The summed E-state index contributed by atoms with van der Waals surface area (Å²) < 4.78 is 36.0. The summed E-state index contributed by atoms with van der Waals surface area (Å²) in [5.41, 5.74) is 4.92. The van der Waals surface area contributed by atoms with Crippen LogP contribution in [0.15, 0.2) is 29.2 Å². The minimum Gasteiger partial charge on any atom is -0.452 e. The van der Waals surface area contributed by atoms with Gasteiger partial charge in [-0.15, -0.1) is 0 Å². The van der Waals surface area contributed by atoms with E-state index < -0.39 is 28.5 Å². The first-order valence-electron chi connectivity index (χ1n) is 6.54. The zero-order chi connectivity index (χ0) is 16.2. The van der Waals surface area contributed by atoms with Gasteiger partial charge in [0, 0.05) is 13.1 Å². The van der Waals surface area contributed by atoms with Gasteiger partial charge in [0.1, 0.15) is 0 Å². The largest absolute Gasteiger partial charge is 0.452 e. The first kappa shape index (κ1) is 16.4. The summed E-state index contributed by atoms with van der Waals surface area (Å²) in [6, 6.07) is 5.46. The van der Waals surface area contributed by atoms with Gasteiger partial charge in [-0.2, -0.15) is 4.31 Å². The molecule has 0 unspecified atom stereocenters. The third-order valence-electron chi connectivity index (χ3n) is 3.02. The number of ether oxygens (including phenoxy) is 2. The standard InChI is InChI=1S/C13H16N2O6S/c14-12(16)9-21-13(17)10-2-1-3-11(8-10)22(18,19)15-4-6-20-7-5-15/h1-3,8H,4-7,9H2,(H2,14,16). The topological polar surface area (TPSA) is 116 Å². The third-order valence-corrected chi connectivity index (χ3v) is 4.92. The van der Waals surface area contributed by atoms with Crippen LogP contribution in [0.1, 0.15) is 10.4 Å². The summed E-state index contributed by atoms with van der Waals surface area (Å²) in [5, 5.41) is 0. The van der Waals surface area contributed by atoms with E-state index in [4.69, 9.17) is 10.5 Å². The fraction of sp³-hybridized carbons (Fsp3) is 0.385. The lowest BCUT2D eigenvalue weighted by atomic mass is 10.2. The Kier molecular flexibility index (Phi) is 5.11. The number of benzene rings is 1. The van der Waals surface area contributed by atoms with E-state index in [0.29, 0.717) is 13.2 Å². The molecule has 22 heavy (non-hydrogen) atoms. The molecule has 0 aliphatic carbocycles. The number of morpholine rings is 1. The van der Waals surface area contributed by atoms with Crippen molar-refractivity contribution in [3.63, 3.8) is 0 Å². The highest BCUT2D eigenvalue weighted by atomic mass is 32.2. The fourth-order valence-corrected chi connectivity index (χ4v) is 3.39. The van der Waals surface area contributed by atoms with E-state index in [9.17, 15) is 18.0 Å². The Morgan fingerprint density at radius 3 is 2.59 bits per heavy atom. The Balaban J connectivity index is 2.20. The molecular formula is C13H16N2O6S. The smallest absolute Gasteiger partial charge is 0.338 e. The van der Waals surface area contributed by atoms with Crippen molar-refractivity contribution in [2.45, 2.75) is 4.90 Å². The highest BCUT2D eigenvalue weighted by Gasteiger charge is 2.27. The number of carbonyl (C=O) groups is 2. The van der Waals surface area contributed by atoms with Crippen molar-refractivity contribution >= 4 is 21.9 Å². The predicted octanol–water partition coefficient (Wildman–Crippen LogP) is -0.650. The van der Waals surface area contributed by atoms with Gasteiger partial charge in [-0.25, -0.2) is 13.2 Å². The normalized spacial score (nSPS) is 16.2. The number of nitrogens with two attached hydrogens (primary N) is 1. The van der Waals surface area contributed by atoms with Crippen molar-refractivity contribution in [3.8, 4) is 0 Å². The van der Waals surface area contributed by atoms with Crippen molar-refractivity contribution in [2.75, 3.05) is 32.9 Å². The lowest BCUT2D eigenvalue weighted by molar-refractivity contribution is -0.121. The quantitative estimate of drug-likeness (QED) is 0.718. The van der Waals surface area contributed by atoms with Crippen LogP contribution in [0.4, 0.5) is 0 Å². The molecule has 8 nitrogen and oxygen atoms in total. The summed E-state index contributed by atoms with van der Waals surface area (Å²) >= 11 is 0. The van der Waals surface area contributed by atoms with Crippen LogP contribution < -0.4 is 5.73 Å². The van der Waals surface area contributed by atoms with Crippen molar-refractivity contribution in [1.82, 2.24) is 4.31 Å². The molecule has 0 aromatic heterocycles. The maximum absolute atomic E-state index is 12.5. The molecule has 1 fully saturated rings. The van der Waals surface area contributed by atoms with E-state index in [2.05, 4.69) is 4.74 Å². The first-order chi connectivity index (χ1) is 10.4. The molecule has 9 heteroatoms. The van der Waals surface area contributed by atoms with Crippen molar-refractivity contribution in [3.05, 3.63) is 29.8 Å². The number of hydrogen-bond donors (Lipinski definition) is 1. The van der Waals surface area contributed by atoms with Gasteiger partial charge in [-0.1, -0.05) is 6.07 Å². The highest BCUT2D eigenvalue weighted by Crippen LogP contribution is 2.18. The molecular weight excluding hydrogens is 312 g/mol. The van der Waals surface area contributed by atoms with Crippen LogP contribution in [0.3, 0.4) is 0 Å². The van der Waals surface area contributed by atoms with Crippen LogP contribution in [-0.2, 0) is 24.3 Å². The van der Waals surface area contributed by atoms with Crippen LogP contribution in [0.5, 0.6) is 0 Å². The van der Waals surface area contributed by atoms with Crippen LogP contribution in [0.25, 0.3) is 0 Å². The molecule has 1 saturated heterocycles. The Bertz CT molecular complexity index is 667. The molecule has 1 aromatic carbocycles. The Labute approximate surface area is 127 Å². The van der Waals surface area contributed by atoms with Gasteiger partial charge >= 0.3 is 5.97 Å². The molecule has 0 bridgehead atoms. The van der Waals surface area contributed by atoms with E-state index in [-0.39, 0.29) is 23.5 Å². The number of rotatable bonds is 5. The average molecular weight is 328 g/mol. The summed E-state index contributed by atoms with van der Waals surface area (Å²) in [4.78, 5) is 22.3. The second kappa shape index (κ2) is 6.86. The summed E-state index contributed by atoms with van der Waals surface area (Å²) in [5.74, 6) is -1.59. The molecule has 1 heterocycles. The molecule has 2 rings (SSSR count). The zero-order valence-electron chi connectivity index (χ0n) is 11.7. The Morgan fingerprint density at radius 1 is 1.27 bits per heavy atom. The third kappa shape index (κ3) is 3.81. The average Bonchev–Trinajstić information content (AvgIpc) is 2.53. The van der Waals surface area contributed by atoms with Gasteiger partial charge in [0.2, 0.25) is 10.0 Å². The number of amides is 1. The molecule has 1 aliphatic heterocycles. The Hall–Kier alpha value is -1.97. The van der Waals surface area contributed by atoms with Gasteiger partial charge in [0.05, 0.1) is 23.7 Å². The number of esters is 1. The number of carbonyl (C=O) groups excluding carboxylic acids is 2. The van der Waals surface area contributed by atoms with E-state index in [1.165, 1.54) is 28.6 Å². The van der Waals surface area contributed by atoms with Gasteiger partial charge in [-0.05, 0) is 18.2 Å². The fourth-order valence-electron chi connectivity index (χ4n) is 1.94. The van der Waals surface area contributed by atoms with Crippen LogP contribution in [-0.4, -0.2) is 57.5 Å².